The molecular weight excluding hydrogens is 447 g/mol. The van der Waals surface area contributed by atoms with Crippen LogP contribution in [0.2, 0.25) is 10.0 Å². The minimum absolute atomic E-state index is 0.145. The van der Waals surface area contributed by atoms with Crippen LogP contribution in [0.4, 0.5) is 0 Å². The van der Waals surface area contributed by atoms with Gasteiger partial charge in [0.05, 0.1) is 6.61 Å². The van der Waals surface area contributed by atoms with Crippen LogP contribution in [-0.4, -0.2) is 34.9 Å². The lowest BCUT2D eigenvalue weighted by Crippen LogP contribution is -2.53. The van der Waals surface area contributed by atoms with Crippen LogP contribution in [0.25, 0.3) is 0 Å². The molecule has 0 saturated carbocycles. The molecule has 0 aliphatic heterocycles. The highest BCUT2D eigenvalue weighted by Crippen LogP contribution is 2.27. The van der Waals surface area contributed by atoms with E-state index in [4.69, 9.17) is 27.9 Å². The monoisotopic (exact) mass is 478 g/mol. The summed E-state index contributed by atoms with van der Waals surface area (Å²) in [6.07, 6.45) is 1.24. The SMILES string of the molecule is CCC(C(=O)NC(C)(C)C)N(Cc1c(Cl)cccc1Cl)C(=O)CCCOc1ccccc1. The number of carbonyl (C=O) groups is 2. The van der Waals surface area contributed by atoms with E-state index in [1.54, 1.807) is 23.1 Å². The first-order chi connectivity index (χ1) is 15.1. The summed E-state index contributed by atoms with van der Waals surface area (Å²) in [6, 6.07) is 14.0. The molecule has 1 unspecified atom stereocenters. The molecule has 32 heavy (non-hydrogen) atoms. The summed E-state index contributed by atoms with van der Waals surface area (Å²) >= 11 is 12.7. The first-order valence-corrected chi connectivity index (χ1v) is 11.6. The van der Waals surface area contributed by atoms with Crippen LogP contribution in [0, 0.1) is 0 Å². The maximum atomic E-state index is 13.3. The van der Waals surface area contributed by atoms with Gasteiger partial charge in [-0.2, -0.15) is 0 Å². The zero-order chi connectivity index (χ0) is 23.7. The van der Waals surface area contributed by atoms with Gasteiger partial charge in [0.15, 0.2) is 0 Å². The van der Waals surface area contributed by atoms with Gasteiger partial charge >= 0.3 is 0 Å². The smallest absolute Gasteiger partial charge is 0.243 e. The Hall–Kier alpha value is -2.24. The highest BCUT2D eigenvalue weighted by Gasteiger charge is 2.31. The number of carbonyl (C=O) groups excluding carboxylic acids is 2. The lowest BCUT2D eigenvalue weighted by atomic mass is 10.0. The molecule has 5 nitrogen and oxygen atoms in total. The van der Waals surface area contributed by atoms with Crippen molar-refractivity contribution in [1.82, 2.24) is 10.2 Å². The normalized spacial score (nSPS) is 12.2. The van der Waals surface area contributed by atoms with Gasteiger partial charge in [0.1, 0.15) is 11.8 Å². The molecule has 0 spiro atoms. The molecular formula is C25H32Cl2N2O3. The first-order valence-electron chi connectivity index (χ1n) is 10.8. The average Bonchev–Trinajstić information content (AvgIpc) is 2.72. The number of rotatable bonds is 10. The number of ether oxygens (including phenoxy) is 1. The van der Waals surface area contributed by atoms with Crippen molar-refractivity contribution in [2.24, 2.45) is 0 Å². The van der Waals surface area contributed by atoms with Crippen LogP contribution < -0.4 is 10.1 Å². The van der Waals surface area contributed by atoms with Crippen LogP contribution in [0.15, 0.2) is 48.5 Å². The summed E-state index contributed by atoms with van der Waals surface area (Å²) in [7, 11) is 0. The second-order valence-electron chi connectivity index (χ2n) is 8.65. The van der Waals surface area contributed by atoms with E-state index < -0.39 is 11.6 Å². The lowest BCUT2D eigenvalue weighted by Gasteiger charge is -2.33. The van der Waals surface area contributed by atoms with E-state index in [-0.39, 0.29) is 24.8 Å². The Labute approximate surface area is 201 Å². The van der Waals surface area contributed by atoms with Crippen molar-refractivity contribution in [1.29, 1.82) is 0 Å². The van der Waals surface area contributed by atoms with Gasteiger partial charge in [0.2, 0.25) is 11.8 Å². The Morgan fingerprint density at radius 1 is 1.03 bits per heavy atom. The fourth-order valence-electron chi connectivity index (χ4n) is 3.30. The summed E-state index contributed by atoms with van der Waals surface area (Å²) in [5, 5.41) is 3.92. The lowest BCUT2D eigenvalue weighted by molar-refractivity contribution is -0.142. The van der Waals surface area contributed by atoms with Gasteiger partial charge < -0.3 is 15.0 Å². The van der Waals surface area contributed by atoms with Crippen molar-refractivity contribution in [3.8, 4) is 5.75 Å². The van der Waals surface area contributed by atoms with E-state index >= 15 is 0 Å². The van der Waals surface area contributed by atoms with Gasteiger partial charge in [0.25, 0.3) is 0 Å². The van der Waals surface area contributed by atoms with Gasteiger partial charge in [-0.25, -0.2) is 0 Å². The number of hydrogen-bond acceptors (Lipinski definition) is 3. The zero-order valence-electron chi connectivity index (χ0n) is 19.2. The van der Waals surface area contributed by atoms with Crippen molar-refractivity contribution in [3.63, 3.8) is 0 Å². The van der Waals surface area contributed by atoms with E-state index in [9.17, 15) is 9.59 Å². The van der Waals surface area contributed by atoms with Gasteiger partial charge in [-0.3, -0.25) is 9.59 Å². The number of nitrogens with zero attached hydrogens (tertiary/aromatic N) is 1. The molecule has 2 aromatic carbocycles. The van der Waals surface area contributed by atoms with Gasteiger partial charge in [-0.05, 0) is 57.9 Å². The number of amides is 2. The van der Waals surface area contributed by atoms with Crippen LogP contribution >= 0.6 is 23.2 Å². The fourth-order valence-corrected chi connectivity index (χ4v) is 3.82. The fraction of sp³-hybridized carbons (Fsp3) is 0.440. The Bertz CT molecular complexity index is 878. The molecule has 0 fully saturated rings. The summed E-state index contributed by atoms with van der Waals surface area (Å²) in [4.78, 5) is 27.9. The predicted molar refractivity (Wildman–Crippen MR) is 130 cm³/mol. The molecule has 0 saturated heterocycles. The van der Waals surface area contributed by atoms with Crippen LogP contribution in [0.3, 0.4) is 0 Å². The van der Waals surface area contributed by atoms with Crippen LogP contribution in [0.5, 0.6) is 5.75 Å². The second kappa shape index (κ2) is 12.1. The zero-order valence-corrected chi connectivity index (χ0v) is 20.7. The quantitative estimate of drug-likeness (QED) is 0.434. The molecule has 0 radical (unpaired) electrons. The van der Waals surface area contributed by atoms with Crippen molar-refractivity contribution in [3.05, 3.63) is 64.1 Å². The number of halogens is 2. The van der Waals surface area contributed by atoms with Crippen LogP contribution in [0.1, 0.15) is 52.5 Å². The molecule has 0 aromatic heterocycles. The van der Waals surface area contributed by atoms with E-state index in [1.807, 2.05) is 58.0 Å². The third kappa shape index (κ3) is 8.03. The van der Waals surface area contributed by atoms with Gasteiger partial charge in [0, 0.05) is 34.1 Å². The maximum Gasteiger partial charge on any atom is 0.243 e. The molecule has 0 bridgehead atoms. The van der Waals surface area contributed by atoms with Crippen molar-refractivity contribution in [2.45, 2.75) is 65.1 Å². The molecule has 1 atom stereocenters. The molecule has 1 N–H and O–H groups in total. The Morgan fingerprint density at radius 2 is 1.66 bits per heavy atom. The number of nitrogens with one attached hydrogen (secondary N) is 1. The largest absolute Gasteiger partial charge is 0.494 e. The molecule has 174 valence electrons. The van der Waals surface area contributed by atoms with E-state index in [0.29, 0.717) is 35.1 Å². The average molecular weight is 479 g/mol. The third-order valence-electron chi connectivity index (χ3n) is 4.82. The van der Waals surface area contributed by atoms with Crippen LogP contribution in [-0.2, 0) is 16.1 Å². The highest BCUT2D eigenvalue weighted by molar-refractivity contribution is 6.36. The van der Waals surface area contributed by atoms with Crippen molar-refractivity contribution in [2.75, 3.05) is 6.61 Å². The van der Waals surface area contributed by atoms with E-state index in [1.165, 1.54) is 0 Å². The minimum Gasteiger partial charge on any atom is -0.494 e. The molecule has 0 aliphatic carbocycles. The minimum atomic E-state index is -0.635. The standard InChI is InChI=1S/C25H32Cl2N2O3/c1-5-22(24(31)28-25(2,3)4)29(17-19-20(26)13-9-14-21(19)27)23(30)15-10-16-32-18-11-7-6-8-12-18/h6-9,11-14,22H,5,10,15-17H2,1-4H3,(H,28,31). The topological polar surface area (TPSA) is 58.6 Å². The van der Waals surface area contributed by atoms with Crippen molar-refractivity contribution < 1.29 is 14.3 Å². The molecule has 0 aliphatic rings. The van der Waals surface area contributed by atoms with E-state index in [2.05, 4.69) is 5.32 Å². The predicted octanol–water partition coefficient (Wildman–Crippen LogP) is 5.87. The van der Waals surface area contributed by atoms with Crippen molar-refractivity contribution >= 4 is 35.0 Å². The third-order valence-corrected chi connectivity index (χ3v) is 5.53. The van der Waals surface area contributed by atoms with Gasteiger partial charge in [-0.1, -0.05) is 54.4 Å². The Balaban J connectivity index is 2.16. The van der Waals surface area contributed by atoms with E-state index in [0.717, 1.165) is 5.75 Å². The van der Waals surface area contributed by atoms with Gasteiger partial charge in [-0.15, -0.1) is 0 Å². The molecule has 7 heteroatoms. The number of benzene rings is 2. The molecule has 0 heterocycles. The summed E-state index contributed by atoms with van der Waals surface area (Å²) < 4.78 is 5.70. The summed E-state index contributed by atoms with van der Waals surface area (Å²) in [5.41, 5.74) is 0.219. The first kappa shape index (κ1) is 26.0. The molecule has 2 aromatic rings. The molecule has 2 rings (SSSR count). The number of hydrogen-bond donors (Lipinski definition) is 1. The Kier molecular flexibility index (Phi) is 9.85. The second-order valence-corrected chi connectivity index (χ2v) is 9.46. The maximum absolute atomic E-state index is 13.3. The number of para-hydroxylation sites is 1. The Morgan fingerprint density at radius 3 is 2.22 bits per heavy atom. The summed E-state index contributed by atoms with van der Waals surface area (Å²) in [6.45, 7) is 8.19. The highest BCUT2D eigenvalue weighted by atomic mass is 35.5. The molecule has 2 amide bonds. The summed E-state index contributed by atoms with van der Waals surface area (Å²) in [5.74, 6) is 0.418.